The van der Waals surface area contributed by atoms with Crippen molar-refractivity contribution >= 4 is 28.9 Å². The second-order valence-electron chi connectivity index (χ2n) is 4.46. The van der Waals surface area contributed by atoms with Crippen molar-refractivity contribution < 1.29 is 4.39 Å². The number of aromatic nitrogens is 2. The van der Waals surface area contributed by atoms with Crippen LogP contribution in [0.15, 0.2) is 30.6 Å². The molecule has 0 bridgehead atoms. The Kier molecular flexibility index (Phi) is 3.21. The highest BCUT2D eigenvalue weighted by molar-refractivity contribution is 6.31. The summed E-state index contributed by atoms with van der Waals surface area (Å²) in [5, 5.41) is 6.43. The van der Waals surface area contributed by atoms with Crippen LogP contribution in [0.3, 0.4) is 0 Å². The number of hydrogen-bond acceptors (Lipinski definition) is 4. The van der Waals surface area contributed by atoms with Crippen molar-refractivity contribution in [1.29, 1.82) is 0 Å². The van der Waals surface area contributed by atoms with Crippen LogP contribution in [0.25, 0.3) is 0 Å². The monoisotopic (exact) mass is 278 g/mol. The summed E-state index contributed by atoms with van der Waals surface area (Å²) < 4.78 is 13.1. The topological polar surface area (TPSA) is 49.8 Å². The summed E-state index contributed by atoms with van der Waals surface area (Å²) in [5.41, 5.74) is 0.683. The van der Waals surface area contributed by atoms with Crippen molar-refractivity contribution in [1.82, 2.24) is 9.97 Å². The normalized spacial score (nSPS) is 14.2. The van der Waals surface area contributed by atoms with Crippen LogP contribution < -0.4 is 10.6 Å². The quantitative estimate of drug-likeness (QED) is 0.897. The Bertz CT molecular complexity index is 601. The maximum absolute atomic E-state index is 13.1. The second-order valence-corrected chi connectivity index (χ2v) is 4.87. The summed E-state index contributed by atoms with van der Waals surface area (Å²) in [6.45, 7) is 0. The molecule has 0 unspecified atom stereocenters. The lowest BCUT2D eigenvalue weighted by molar-refractivity contribution is 0.628. The van der Waals surface area contributed by atoms with Gasteiger partial charge in [-0.25, -0.2) is 14.4 Å². The maximum Gasteiger partial charge on any atom is 0.141 e. The molecular formula is C13H12ClFN4. The molecule has 0 saturated heterocycles. The third-order valence-electron chi connectivity index (χ3n) is 2.79. The van der Waals surface area contributed by atoms with E-state index in [1.165, 1.54) is 31.3 Å². The lowest BCUT2D eigenvalue weighted by Crippen LogP contribution is -2.04. The molecule has 1 heterocycles. The Morgan fingerprint density at radius 2 is 1.95 bits per heavy atom. The van der Waals surface area contributed by atoms with Gasteiger partial charge < -0.3 is 10.6 Å². The first kappa shape index (κ1) is 12.2. The van der Waals surface area contributed by atoms with Gasteiger partial charge in [-0.15, -0.1) is 0 Å². The van der Waals surface area contributed by atoms with Crippen LogP contribution in [0.1, 0.15) is 12.8 Å². The van der Waals surface area contributed by atoms with Crippen molar-refractivity contribution in [2.24, 2.45) is 0 Å². The van der Waals surface area contributed by atoms with Crippen LogP contribution in [0, 0.1) is 5.82 Å². The molecule has 2 aromatic rings. The molecule has 1 fully saturated rings. The van der Waals surface area contributed by atoms with Gasteiger partial charge in [0.05, 0.1) is 5.02 Å². The Hall–Kier alpha value is -1.88. The van der Waals surface area contributed by atoms with Crippen molar-refractivity contribution in [3.63, 3.8) is 0 Å². The van der Waals surface area contributed by atoms with Crippen LogP contribution in [-0.2, 0) is 0 Å². The summed E-state index contributed by atoms with van der Waals surface area (Å²) in [4.78, 5) is 8.26. The standard InChI is InChI=1S/C13H12ClFN4/c14-10-5-9(3-4-11(10)15)19-13-6-12(16-7-17-13)18-8-1-2-8/h3-8H,1-2H2,(H2,16,17,18,19). The van der Waals surface area contributed by atoms with Crippen LogP contribution in [0.2, 0.25) is 5.02 Å². The van der Waals surface area contributed by atoms with Crippen LogP contribution in [-0.4, -0.2) is 16.0 Å². The summed E-state index contributed by atoms with van der Waals surface area (Å²) in [6, 6.07) is 6.79. The highest BCUT2D eigenvalue weighted by Crippen LogP contribution is 2.25. The SMILES string of the molecule is Fc1ccc(Nc2cc(NC3CC3)ncn2)cc1Cl. The van der Waals surface area contributed by atoms with Gasteiger partial charge in [0.1, 0.15) is 23.8 Å². The molecule has 1 aromatic carbocycles. The highest BCUT2D eigenvalue weighted by atomic mass is 35.5. The van der Waals surface area contributed by atoms with Gasteiger partial charge in [0.2, 0.25) is 0 Å². The van der Waals surface area contributed by atoms with Crippen molar-refractivity contribution in [3.05, 3.63) is 41.4 Å². The fourth-order valence-electron chi connectivity index (χ4n) is 1.66. The highest BCUT2D eigenvalue weighted by Gasteiger charge is 2.21. The van der Waals surface area contributed by atoms with E-state index in [1.54, 1.807) is 6.07 Å². The van der Waals surface area contributed by atoms with E-state index in [9.17, 15) is 4.39 Å². The van der Waals surface area contributed by atoms with Gasteiger partial charge in [0.15, 0.2) is 0 Å². The summed E-state index contributed by atoms with van der Waals surface area (Å²) in [5.74, 6) is 0.986. The van der Waals surface area contributed by atoms with E-state index in [2.05, 4.69) is 20.6 Å². The van der Waals surface area contributed by atoms with Gasteiger partial charge in [-0.2, -0.15) is 0 Å². The molecule has 0 amide bonds. The van der Waals surface area contributed by atoms with Crippen LogP contribution >= 0.6 is 11.6 Å². The van der Waals surface area contributed by atoms with E-state index >= 15 is 0 Å². The van der Waals surface area contributed by atoms with Gasteiger partial charge in [-0.3, -0.25) is 0 Å². The number of rotatable bonds is 4. The van der Waals surface area contributed by atoms with E-state index in [4.69, 9.17) is 11.6 Å². The predicted octanol–water partition coefficient (Wildman–Crippen LogP) is 3.59. The molecule has 19 heavy (non-hydrogen) atoms. The summed E-state index contributed by atoms with van der Waals surface area (Å²) in [6.07, 6.45) is 3.85. The molecule has 1 aliphatic carbocycles. The molecule has 0 radical (unpaired) electrons. The first-order chi connectivity index (χ1) is 9.20. The van der Waals surface area contributed by atoms with E-state index in [0.29, 0.717) is 17.5 Å². The van der Waals surface area contributed by atoms with Gasteiger partial charge >= 0.3 is 0 Å². The average Bonchev–Trinajstić information content (AvgIpc) is 3.18. The van der Waals surface area contributed by atoms with Gasteiger partial charge in [-0.1, -0.05) is 11.6 Å². The number of nitrogens with zero attached hydrogens (tertiary/aromatic N) is 2. The molecule has 3 rings (SSSR count). The van der Waals surface area contributed by atoms with E-state index in [-0.39, 0.29) is 5.02 Å². The Labute approximate surface area is 115 Å². The van der Waals surface area contributed by atoms with E-state index in [0.717, 1.165) is 5.82 Å². The van der Waals surface area contributed by atoms with Gasteiger partial charge in [0.25, 0.3) is 0 Å². The number of halogens is 2. The molecule has 1 aliphatic rings. The number of nitrogens with one attached hydrogen (secondary N) is 2. The maximum atomic E-state index is 13.1. The zero-order chi connectivity index (χ0) is 13.2. The van der Waals surface area contributed by atoms with Crippen molar-refractivity contribution in [2.45, 2.75) is 18.9 Å². The fourth-order valence-corrected chi connectivity index (χ4v) is 1.84. The van der Waals surface area contributed by atoms with Crippen LogP contribution in [0.5, 0.6) is 0 Å². The Balaban J connectivity index is 1.75. The molecule has 6 heteroatoms. The number of anilines is 3. The minimum Gasteiger partial charge on any atom is -0.367 e. The first-order valence-electron chi connectivity index (χ1n) is 6.01. The predicted molar refractivity (Wildman–Crippen MR) is 73.4 cm³/mol. The molecule has 0 aliphatic heterocycles. The largest absolute Gasteiger partial charge is 0.367 e. The molecule has 0 spiro atoms. The zero-order valence-corrected chi connectivity index (χ0v) is 10.8. The Morgan fingerprint density at radius 1 is 1.16 bits per heavy atom. The molecule has 4 nitrogen and oxygen atoms in total. The second kappa shape index (κ2) is 5.01. The minimum atomic E-state index is -0.439. The summed E-state index contributed by atoms with van der Waals surface area (Å²) in [7, 11) is 0. The molecule has 0 atom stereocenters. The lowest BCUT2D eigenvalue weighted by Gasteiger charge is -2.08. The molecule has 98 valence electrons. The van der Waals surface area contributed by atoms with Gasteiger partial charge in [-0.05, 0) is 31.0 Å². The van der Waals surface area contributed by atoms with E-state index < -0.39 is 5.82 Å². The molecule has 2 N–H and O–H groups in total. The minimum absolute atomic E-state index is 0.0791. The zero-order valence-electron chi connectivity index (χ0n) is 10.0. The molecule has 1 aromatic heterocycles. The summed E-state index contributed by atoms with van der Waals surface area (Å²) >= 11 is 5.73. The number of hydrogen-bond donors (Lipinski definition) is 2. The number of benzene rings is 1. The van der Waals surface area contributed by atoms with Crippen molar-refractivity contribution in [2.75, 3.05) is 10.6 Å². The van der Waals surface area contributed by atoms with Crippen LogP contribution in [0.4, 0.5) is 21.7 Å². The average molecular weight is 279 g/mol. The Morgan fingerprint density at radius 3 is 2.68 bits per heavy atom. The fraction of sp³-hybridized carbons (Fsp3) is 0.231. The lowest BCUT2D eigenvalue weighted by atomic mass is 10.3. The van der Waals surface area contributed by atoms with E-state index in [1.807, 2.05) is 6.07 Å². The smallest absolute Gasteiger partial charge is 0.141 e. The van der Waals surface area contributed by atoms with Crippen molar-refractivity contribution in [3.8, 4) is 0 Å². The first-order valence-corrected chi connectivity index (χ1v) is 6.39. The molecule has 1 saturated carbocycles. The molecular weight excluding hydrogens is 267 g/mol. The third kappa shape index (κ3) is 3.12. The third-order valence-corrected chi connectivity index (χ3v) is 3.08. The van der Waals surface area contributed by atoms with Gasteiger partial charge in [0, 0.05) is 17.8 Å².